The summed E-state index contributed by atoms with van der Waals surface area (Å²) >= 11 is -0.684. The molecule has 0 fully saturated rings. The largest absolute Gasteiger partial charge is 0.390 e. The van der Waals surface area contributed by atoms with Crippen LogP contribution < -0.4 is 0 Å². The zero-order valence-electron chi connectivity index (χ0n) is 13.6. The first-order valence-corrected chi connectivity index (χ1v) is 2.38. The molecular weight excluding hydrogens is 144 g/mol. The first-order chi connectivity index (χ1) is 7.99. The van der Waals surface area contributed by atoms with E-state index in [1.54, 1.807) is 0 Å². The van der Waals surface area contributed by atoms with Crippen molar-refractivity contribution in [3.05, 3.63) is 0 Å². The molecule has 8 heavy (non-hydrogen) atoms. The normalized spacial score (nSPS) is 47.0. The SMILES string of the molecule is [2H]O[C@]([2H])(C([2H])([2H])S[2H])[C@]([2H])(O[2H])C([2H])([2H])S[2H]. The van der Waals surface area contributed by atoms with Gasteiger partial charge in [-0.3, -0.25) is 0 Å². The Balaban J connectivity index is 5.89. The van der Waals surface area contributed by atoms with Crippen molar-refractivity contribution in [3.63, 3.8) is 0 Å². The Bertz CT molecular complexity index is 263. The molecule has 0 aliphatic rings. The van der Waals surface area contributed by atoms with Crippen LogP contribution in [-0.2, 0) is 0 Å². The summed E-state index contributed by atoms with van der Waals surface area (Å²) in [6, 6.07) is 0. The van der Waals surface area contributed by atoms with Gasteiger partial charge in [0.15, 0.2) is 0 Å². The van der Waals surface area contributed by atoms with Crippen molar-refractivity contribution in [2.75, 3.05) is 11.4 Å². The maximum Gasteiger partial charge on any atom is 0.211 e. The van der Waals surface area contributed by atoms with Gasteiger partial charge in [-0.15, -0.1) is 0 Å². The van der Waals surface area contributed by atoms with E-state index in [-0.39, 0.29) is 25.1 Å². The van der Waals surface area contributed by atoms with Gasteiger partial charge in [0.25, 0.3) is 0 Å². The summed E-state index contributed by atoms with van der Waals surface area (Å²) in [5.41, 5.74) is -6.08. The topological polar surface area (TPSA) is 40.5 Å². The van der Waals surface area contributed by atoms with Crippen LogP contribution in [0.3, 0.4) is 0 Å². The van der Waals surface area contributed by atoms with Crippen molar-refractivity contribution in [2.24, 2.45) is 0 Å². The Kier molecular flexibility index (Phi) is 0.906. The Morgan fingerprint density at radius 2 is 2.12 bits per heavy atom. The Hall–Kier alpha value is 0.620. The van der Waals surface area contributed by atoms with Gasteiger partial charge in [0.2, 0.25) is 2.86 Å². The molecule has 0 unspecified atom stereocenters. The molecule has 0 saturated carbocycles. The van der Waals surface area contributed by atoms with Crippen LogP contribution in [0.15, 0.2) is 0 Å². The molecule has 0 heterocycles. The highest BCUT2D eigenvalue weighted by Gasteiger charge is 2.10. The average Bonchev–Trinajstić information content (AvgIpc) is 2.35. The predicted octanol–water partition coefficient (Wildman–Crippen LogP) is -0.432. The van der Waals surface area contributed by atoms with Gasteiger partial charge < -0.3 is 10.2 Å². The highest BCUT2D eigenvalue weighted by molar-refractivity contribution is 7.80. The molecule has 0 bridgehead atoms. The van der Waals surface area contributed by atoms with Crippen molar-refractivity contribution >= 4 is 25.1 Å². The summed E-state index contributed by atoms with van der Waals surface area (Å²) in [7, 11) is 0. The van der Waals surface area contributed by atoms with Crippen molar-refractivity contribution in [1.82, 2.24) is 0 Å². The molecular formula is C4H10O2S2. The van der Waals surface area contributed by atoms with Gasteiger partial charge in [-0.05, 0) is 0 Å². The van der Waals surface area contributed by atoms with Crippen LogP contribution >= 0.6 is 25.1 Å². The lowest BCUT2D eigenvalue weighted by molar-refractivity contribution is 0.0504. The fourth-order valence-electron chi connectivity index (χ4n) is 0.0927. The van der Waals surface area contributed by atoms with Crippen molar-refractivity contribution in [1.29, 1.82) is 5.11 Å². The van der Waals surface area contributed by atoms with Crippen LogP contribution in [-0.4, -0.2) is 38.9 Å². The number of rotatable bonds is 7. The predicted molar refractivity (Wildman–Crippen MR) is 39.7 cm³/mol. The summed E-state index contributed by atoms with van der Waals surface area (Å²) in [5.74, 6) is 0. The molecule has 0 radical (unpaired) electrons. The summed E-state index contributed by atoms with van der Waals surface area (Å²) < 4.78 is 71.6. The summed E-state index contributed by atoms with van der Waals surface area (Å²) in [4.78, 5) is 0. The zero-order chi connectivity index (χ0) is 14.8. The molecule has 0 aliphatic heterocycles. The van der Waals surface area contributed by atoms with Gasteiger partial charge in [-0.2, -0.15) is 25.1 Å². The zero-order valence-corrected chi connectivity index (χ0v) is 5.27. The van der Waals surface area contributed by atoms with E-state index in [1.165, 1.54) is 0 Å². The van der Waals surface area contributed by atoms with Crippen molar-refractivity contribution in [3.8, 4) is 0 Å². The number of hydrogen-bond donors (Lipinski definition) is 4. The highest BCUT2D eigenvalue weighted by Crippen LogP contribution is 1.96. The Morgan fingerprint density at radius 3 is 2.38 bits per heavy atom. The molecule has 0 rings (SSSR count). The van der Waals surface area contributed by atoms with E-state index in [4.69, 9.17) is 13.3 Å². The third kappa shape index (κ3) is 2.81. The lowest BCUT2D eigenvalue weighted by Crippen LogP contribution is -2.28. The van der Waals surface area contributed by atoms with Crippen LogP contribution in [0.1, 0.15) is 8.22 Å². The maximum atomic E-state index is 7.59. The van der Waals surface area contributed by atoms with Gasteiger partial charge in [0.1, 0.15) is 2.25 Å². The smallest absolute Gasteiger partial charge is 0.211 e. The highest BCUT2D eigenvalue weighted by atomic mass is 32.1. The minimum Gasteiger partial charge on any atom is -0.390 e. The molecule has 2 N–H and O–H groups in total. The first-order valence-electron chi connectivity index (χ1n) is 6.20. The number of hydrogen-bond acceptors (Lipinski definition) is 4. The summed E-state index contributed by atoms with van der Waals surface area (Å²) in [5, 5.41) is 7.54. The van der Waals surface area contributed by atoms with Crippen LogP contribution in [0.5, 0.6) is 0 Å². The molecule has 0 amide bonds. The maximum absolute atomic E-state index is 7.59. The molecule has 0 saturated heterocycles. The van der Waals surface area contributed by atoms with Crippen LogP contribution in [0, 0.1) is 0 Å². The molecule has 2 atom stereocenters. The van der Waals surface area contributed by atoms with E-state index >= 15 is 0 Å². The van der Waals surface area contributed by atoms with Gasteiger partial charge in [0, 0.05) is 16.9 Å². The fourth-order valence-corrected chi connectivity index (χ4v) is 0.278. The van der Waals surface area contributed by atoms with E-state index in [2.05, 4.69) is 10.2 Å². The van der Waals surface area contributed by atoms with E-state index in [0.717, 1.165) is 0 Å². The molecule has 0 aromatic carbocycles. The van der Waals surface area contributed by atoms with Gasteiger partial charge in [-0.1, -0.05) is 0 Å². The molecule has 0 spiro atoms. The minimum atomic E-state index is -3.36. The number of aliphatic hydroxyl groups is 2. The molecule has 0 aromatic heterocycles. The third-order valence-corrected chi connectivity index (χ3v) is 0.762. The molecule has 0 aliphatic carbocycles. The third-order valence-electron chi connectivity index (χ3n) is 0.392. The van der Waals surface area contributed by atoms with E-state index in [1.807, 2.05) is 0 Å². The van der Waals surface area contributed by atoms with Crippen molar-refractivity contribution < 1.29 is 18.4 Å². The molecule has 2 nitrogen and oxygen atoms in total. The van der Waals surface area contributed by atoms with Crippen LogP contribution in [0.25, 0.3) is 0 Å². The van der Waals surface area contributed by atoms with Crippen LogP contribution in [0.2, 0.25) is 0 Å². The first kappa shape index (κ1) is 1.61. The standard InChI is InChI=1S/C4H10O2S2/c5-3(1-7)4(6)2-8/h3-8H,1-2H2/t3-,4-/m1/s1/i1D2,2D2,3D,4D,5D,6D/hD2. The second kappa shape index (κ2) is 4.49. The second-order valence-electron chi connectivity index (χ2n) is 0.862. The summed E-state index contributed by atoms with van der Waals surface area (Å²) in [6.07, 6.45) is -6.71. The van der Waals surface area contributed by atoms with E-state index in [0.29, 0.717) is 0 Å². The monoisotopic (exact) mass is 164 g/mol. The van der Waals surface area contributed by atoms with Gasteiger partial charge in [0.05, 0.1) is 14.9 Å². The number of thiol groups is 2. The molecule has 4 heteroatoms. The average molecular weight is 164 g/mol. The fraction of sp³-hybridized carbons (Fsp3) is 1.00. The van der Waals surface area contributed by atoms with Crippen LogP contribution in [0.4, 0.5) is 0 Å². The molecule has 50 valence electrons. The second-order valence-corrected chi connectivity index (χ2v) is 1.27. The van der Waals surface area contributed by atoms with Crippen molar-refractivity contribution in [2.45, 2.75) is 12.2 Å². The lowest BCUT2D eigenvalue weighted by Gasteiger charge is -2.11. The Morgan fingerprint density at radius 1 is 1.62 bits per heavy atom. The van der Waals surface area contributed by atoms with Gasteiger partial charge in [-0.25, -0.2) is 0 Å². The lowest BCUT2D eigenvalue weighted by atomic mass is 10.3. The quantitative estimate of drug-likeness (QED) is 0.386. The minimum absolute atomic E-state index is 0.342. The van der Waals surface area contributed by atoms with E-state index < -0.39 is 23.6 Å². The summed E-state index contributed by atoms with van der Waals surface area (Å²) in [6.45, 7) is 0. The van der Waals surface area contributed by atoms with E-state index in [9.17, 15) is 0 Å². The Labute approximate surface area is 73.3 Å². The van der Waals surface area contributed by atoms with Gasteiger partial charge >= 0.3 is 0 Å². The molecule has 0 aromatic rings.